The molecule has 0 N–H and O–H groups in total. The molecule has 0 aliphatic carbocycles. The van der Waals surface area contributed by atoms with E-state index in [-0.39, 0.29) is 11.4 Å². The lowest BCUT2D eigenvalue weighted by atomic mass is 9.98. The number of sulfonamides is 1. The minimum Gasteiger partial charge on any atom is -0.268 e. The minimum atomic E-state index is -3.84. The van der Waals surface area contributed by atoms with Crippen LogP contribution in [0.5, 0.6) is 0 Å². The summed E-state index contributed by atoms with van der Waals surface area (Å²) in [6, 6.07) is 12.3. The van der Waals surface area contributed by atoms with Crippen LogP contribution in [0.25, 0.3) is 5.57 Å². The molecule has 0 saturated carbocycles. The van der Waals surface area contributed by atoms with Crippen LogP contribution < -0.4 is 0 Å². The van der Waals surface area contributed by atoms with E-state index in [4.69, 9.17) is 0 Å². The van der Waals surface area contributed by atoms with Crippen LogP contribution in [0, 0.1) is 20.8 Å². The van der Waals surface area contributed by atoms with E-state index in [1.54, 1.807) is 24.3 Å². The maximum absolute atomic E-state index is 12.9. The Balaban J connectivity index is 1.97. The predicted octanol–water partition coefficient (Wildman–Crippen LogP) is 3.62. The molecule has 0 saturated heterocycles. The van der Waals surface area contributed by atoms with Crippen LogP contribution in [0.15, 0.2) is 53.4 Å². The molecular formula is C20H21NO3S. The van der Waals surface area contributed by atoms with E-state index in [2.05, 4.69) is 0 Å². The number of nitrogens with zero attached hydrogens (tertiary/aromatic N) is 1. The van der Waals surface area contributed by atoms with Crippen molar-refractivity contribution in [2.75, 3.05) is 6.54 Å². The molecule has 0 fully saturated rings. The molecule has 2 aromatic carbocycles. The van der Waals surface area contributed by atoms with Gasteiger partial charge in [-0.1, -0.05) is 42.0 Å². The SMILES string of the molecule is Cc1ccc(S(=O)(=O)N2CCC=C(c3ccc(C)c(C)c3)C2=O)cc1. The second kappa shape index (κ2) is 6.48. The quantitative estimate of drug-likeness (QED) is 0.845. The van der Waals surface area contributed by atoms with E-state index < -0.39 is 15.9 Å². The number of amides is 1. The van der Waals surface area contributed by atoms with Gasteiger partial charge in [0.2, 0.25) is 0 Å². The molecule has 1 amide bonds. The van der Waals surface area contributed by atoms with Gasteiger partial charge in [-0.3, -0.25) is 4.79 Å². The molecule has 4 nitrogen and oxygen atoms in total. The number of carbonyl (C=O) groups is 1. The molecular weight excluding hydrogens is 334 g/mol. The summed E-state index contributed by atoms with van der Waals surface area (Å²) in [6.07, 6.45) is 2.34. The van der Waals surface area contributed by atoms with Crippen molar-refractivity contribution in [3.63, 3.8) is 0 Å². The van der Waals surface area contributed by atoms with E-state index in [0.717, 1.165) is 26.6 Å². The maximum Gasteiger partial charge on any atom is 0.267 e. The first-order chi connectivity index (χ1) is 11.8. The standard InChI is InChI=1S/C20H21NO3S/c1-14-6-10-18(11-7-14)25(23,24)21-12-4-5-19(20(21)22)17-9-8-15(2)16(3)13-17/h5-11,13H,4,12H2,1-3H3. The number of rotatable bonds is 3. The molecule has 0 bridgehead atoms. The van der Waals surface area contributed by atoms with Gasteiger partial charge in [-0.25, -0.2) is 12.7 Å². The first-order valence-corrected chi connectivity index (χ1v) is 9.66. The molecule has 5 heteroatoms. The third-order valence-electron chi connectivity index (χ3n) is 4.56. The van der Waals surface area contributed by atoms with E-state index in [1.807, 2.05) is 45.0 Å². The Morgan fingerprint density at radius 1 is 0.920 bits per heavy atom. The number of carbonyl (C=O) groups excluding carboxylic acids is 1. The molecule has 0 aromatic heterocycles. The molecule has 25 heavy (non-hydrogen) atoms. The lowest BCUT2D eigenvalue weighted by molar-refractivity contribution is -0.120. The third-order valence-corrected chi connectivity index (χ3v) is 6.36. The molecule has 2 aromatic rings. The summed E-state index contributed by atoms with van der Waals surface area (Å²) in [5, 5.41) is 0. The van der Waals surface area contributed by atoms with Gasteiger partial charge in [0.1, 0.15) is 0 Å². The second-order valence-corrected chi connectivity index (χ2v) is 8.26. The second-order valence-electron chi connectivity index (χ2n) is 6.40. The lowest BCUT2D eigenvalue weighted by Gasteiger charge is -2.27. The van der Waals surface area contributed by atoms with Gasteiger partial charge in [-0.15, -0.1) is 0 Å². The monoisotopic (exact) mass is 355 g/mol. The third kappa shape index (κ3) is 3.24. The van der Waals surface area contributed by atoms with Crippen molar-refractivity contribution in [2.45, 2.75) is 32.1 Å². The highest BCUT2D eigenvalue weighted by Gasteiger charge is 2.33. The zero-order valence-electron chi connectivity index (χ0n) is 14.6. The normalized spacial score (nSPS) is 15.2. The fourth-order valence-electron chi connectivity index (χ4n) is 2.87. The molecule has 0 atom stereocenters. The molecule has 0 spiro atoms. The van der Waals surface area contributed by atoms with Gasteiger partial charge in [0.15, 0.2) is 0 Å². The van der Waals surface area contributed by atoms with Gasteiger partial charge in [0, 0.05) is 12.1 Å². The van der Waals surface area contributed by atoms with Gasteiger partial charge in [-0.05, 0) is 56.0 Å². The van der Waals surface area contributed by atoms with Crippen molar-refractivity contribution in [2.24, 2.45) is 0 Å². The average Bonchev–Trinajstić information content (AvgIpc) is 2.58. The van der Waals surface area contributed by atoms with Crippen LogP contribution in [0.2, 0.25) is 0 Å². The Kier molecular flexibility index (Phi) is 4.52. The van der Waals surface area contributed by atoms with Crippen LogP contribution >= 0.6 is 0 Å². The molecule has 130 valence electrons. The van der Waals surface area contributed by atoms with Crippen molar-refractivity contribution in [1.29, 1.82) is 0 Å². The first-order valence-electron chi connectivity index (χ1n) is 8.22. The van der Waals surface area contributed by atoms with Crippen molar-refractivity contribution < 1.29 is 13.2 Å². The molecule has 1 aliphatic heterocycles. The predicted molar refractivity (Wildman–Crippen MR) is 98.6 cm³/mol. The Bertz CT molecular complexity index is 957. The van der Waals surface area contributed by atoms with E-state index in [0.29, 0.717) is 12.0 Å². The fourth-order valence-corrected chi connectivity index (χ4v) is 4.26. The molecule has 1 aliphatic rings. The fraction of sp³-hybridized carbons (Fsp3) is 0.250. The zero-order chi connectivity index (χ0) is 18.2. The number of hydrogen-bond donors (Lipinski definition) is 0. The average molecular weight is 355 g/mol. The summed E-state index contributed by atoms with van der Waals surface area (Å²) in [4.78, 5) is 13.0. The summed E-state index contributed by atoms with van der Waals surface area (Å²) in [6.45, 7) is 6.05. The summed E-state index contributed by atoms with van der Waals surface area (Å²) < 4.78 is 26.8. The van der Waals surface area contributed by atoms with E-state index in [1.165, 1.54) is 0 Å². The highest BCUT2D eigenvalue weighted by atomic mass is 32.2. The van der Waals surface area contributed by atoms with Gasteiger partial charge in [0.05, 0.1) is 4.90 Å². The van der Waals surface area contributed by atoms with Gasteiger partial charge >= 0.3 is 0 Å². The molecule has 1 heterocycles. The summed E-state index contributed by atoms with van der Waals surface area (Å²) in [5.41, 5.74) is 4.39. The van der Waals surface area contributed by atoms with Crippen LogP contribution in [-0.2, 0) is 14.8 Å². The van der Waals surface area contributed by atoms with Crippen LogP contribution in [0.4, 0.5) is 0 Å². The smallest absolute Gasteiger partial charge is 0.267 e. The van der Waals surface area contributed by atoms with Gasteiger partial charge < -0.3 is 0 Å². The van der Waals surface area contributed by atoms with E-state index in [9.17, 15) is 13.2 Å². The maximum atomic E-state index is 12.9. The highest BCUT2D eigenvalue weighted by molar-refractivity contribution is 7.89. The van der Waals surface area contributed by atoms with Crippen LogP contribution in [0.3, 0.4) is 0 Å². The first kappa shape index (κ1) is 17.4. The number of benzene rings is 2. The largest absolute Gasteiger partial charge is 0.268 e. The van der Waals surface area contributed by atoms with Crippen LogP contribution in [0.1, 0.15) is 28.7 Å². The topological polar surface area (TPSA) is 54.5 Å². The Hall–Kier alpha value is -2.40. The van der Waals surface area contributed by atoms with Crippen molar-refractivity contribution in [3.05, 3.63) is 70.8 Å². The molecule has 0 unspecified atom stereocenters. The Morgan fingerprint density at radius 3 is 2.24 bits per heavy atom. The Labute approximate surface area is 148 Å². The zero-order valence-corrected chi connectivity index (χ0v) is 15.4. The van der Waals surface area contributed by atoms with Crippen molar-refractivity contribution in [3.8, 4) is 0 Å². The molecule has 3 rings (SSSR count). The number of hydrogen-bond acceptors (Lipinski definition) is 3. The summed E-state index contributed by atoms with van der Waals surface area (Å²) >= 11 is 0. The van der Waals surface area contributed by atoms with E-state index >= 15 is 0 Å². The highest BCUT2D eigenvalue weighted by Crippen LogP contribution is 2.28. The van der Waals surface area contributed by atoms with Gasteiger partial charge in [0.25, 0.3) is 15.9 Å². The molecule has 0 radical (unpaired) electrons. The summed E-state index contributed by atoms with van der Waals surface area (Å²) in [7, 11) is -3.84. The van der Waals surface area contributed by atoms with Crippen molar-refractivity contribution in [1.82, 2.24) is 4.31 Å². The lowest BCUT2D eigenvalue weighted by Crippen LogP contribution is -2.40. The summed E-state index contributed by atoms with van der Waals surface area (Å²) in [5.74, 6) is -0.463. The Morgan fingerprint density at radius 2 is 1.60 bits per heavy atom. The van der Waals surface area contributed by atoms with Crippen molar-refractivity contribution >= 4 is 21.5 Å². The number of aryl methyl sites for hydroxylation is 3. The minimum absolute atomic E-state index is 0.146. The van der Waals surface area contributed by atoms with Gasteiger partial charge in [-0.2, -0.15) is 0 Å². The van der Waals surface area contributed by atoms with Crippen LogP contribution in [-0.4, -0.2) is 25.2 Å².